The first-order valence-electron chi connectivity index (χ1n) is 8.92. The Hall–Kier alpha value is -2.10. The molecule has 2 N–H and O–H groups in total. The molecule has 0 amide bonds. The molecule has 28 heavy (non-hydrogen) atoms. The van der Waals surface area contributed by atoms with Gasteiger partial charge in [0.25, 0.3) is 0 Å². The molecule has 1 aromatic carbocycles. The number of benzene rings is 1. The van der Waals surface area contributed by atoms with Crippen LogP contribution in [0.5, 0.6) is 5.75 Å². The molecule has 0 saturated carbocycles. The molecule has 1 atom stereocenters. The van der Waals surface area contributed by atoms with Gasteiger partial charge in [-0.05, 0) is 36.1 Å². The zero-order valence-electron chi connectivity index (χ0n) is 16.3. The summed E-state index contributed by atoms with van der Waals surface area (Å²) in [6, 6.07) is 11.0. The molecule has 0 aliphatic carbocycles. The summed E-state index contributed by atoms with van der Waals surface area (Å²) >= 11 is 1.15. The molecule has 154 valence electrons. The molecule has 2 rings (SSSR count). The van der Waals surface area contributed by atoms with Crippen LogP contribution in [0.4, 0.5) is 0 Å². The van der Waals surface area contributed by atoms with Gasteiger partial charge >= 0.3 is 0 Å². The fraction of sp³-hybridized carbons (Fsp3) is 0.421. The Labute approximate surface area is 170 Å². The van der Waals surface area contributed by atoms with Gasteiger partial charge in [0.1, 0.15) is 9.96 Å². The highest BCUT2D eigenvalue weighted by Gasteiger charge is 2.21. The first kappa shape index (κ1) is 22.2. The molecule has 9 heteroatoms. The Bertz CT molecular complexity index is 850. The highest BCUT2D eigenvalue weighted by molar-refractivity contribution is 7.93. The Balaban J connectivity index is 1.99. The molecule has 2 aromatic rings. The van der Waals surface area contributed by atoms with Crippen molar-refractivity contribution < 1.29 is 18.3 Å². The third kappa shape index (κ3) is 6.50. The molecule has 7 nitrogen and oxygen atoms in total. The molecule has 1 unspecified atom stereocenters. The third-order valence-corrected chi connectivity index (χ3v) is 7.23. The number of guanidine groups is 1. The van der Waals surface area contributed by atoms with E-state index in [1.54, 1.807) is 24.6 Å². The normalized spacial score (nSPS) is 13.2. The van der Waals surface area contributed by atoms with Crippen molar-refractivity contribution in [2.75, 3.05) is 33.0 Å². The van der Waals surface area contributed by atoms with Gasteiger partial charge in [-0.3, -0.25) is 4.99 Å². The summed E-state index contributed by atoms with van der Waals surface area (Å²) in [4.78, 5) is 6.33. The van der Waals surface area contributed by atoms with Gasteiger partial charge in [0, 0.05) is 20.1 Å². The summed E-state index contributed by atoms with van der Waals surface area (Å²) in [7, 11) is 0.0170. The molecule has 0 aliphatic heterocycles. The Kier molecular flexibility index (Phi) is 8.28. The second-order valence-corrected chi connectivity index (χ2v) is 9.47. The van der Waals surface area contributed by atoms with E-state index in [1.807, 2.05) is 43.1 Å². The van der Waals surface area contributed by atoms with Gasteiger partial charge in [0.2, 0.25) is 0 Å². The lowest BCUT2D eigenvalue weighted by Crippen LogP contribution is -2.39. The van der Waals surface area contributed by atoms with Crippen molar-refractivity contribution in [3.63, 3.8) is 0 Å². The number of nitrogens with zero attached hydrogens (tertiary/aromatic N) is 2. The van der Waals surface area contributed by atoms with Crippen molar-refractivity contribution in [2.24, 2.45) is 4.99 Å². The number of thiophene rings is 1. The fourth-order valence-corrected chi connectivity index (χ4v) is 5.04. The van der Waals surface area contributed by atoms with Gasteiger partial charge in [0.15, 0.2) is 15.8 Å². The maximum Gasteiger partial charge on any atom is 0.194 e. The fourth-order valence-electron chi connectivity index (χ4n) is 2.57. The van der Waals surface area contributed by atoms with Gasteiger partial charge in [-0.1, -0.05) is 18.2 Å². The molecule has 0 spiro atoms. The van der Waals surface area contributed by atoms with E-state index in [9.17, 15) is 13.5 Å². The molecule has 0 aliphatic rings. The quantitative estimate of drug-likeness (QED) is 0.472. The van der Waals surface area contributed by atoms with E-state index in [-0.39, 0.29) is 16.5 Å². The number of aliphatic imine (C=N–C) groups is 1. The summed E-state index contributed by atoms with van der Waals surface area (Å²) < 4.78 is 30.0. The maximum absolute atomic E-state index is 12.3. The van der Waals surface area contributed by atoms with Crippen molar-refractivity contribution in [3.8, 4) is 5.75 Å². The van der Waals surface area contributed by atoms with Gasteiger partial charge in [-0.15, -0.1) is 11.3 Å². The van der Waals surface area contributed by atoms with Crippen LogP contribution in [0.1, 0.15) is 12.5 Å². The highest BCUT2D eigenvalue weighted by atomic mass is 32.2. The van der Waals surface area contributed by atoms with E-state index in [4.69, 9.17) is 4.74 Å². The van der Waals surface area contributed by atoms with Crippen LogP contribution in [0.3, 0.4) is 0 Å². The monoisotopic (exact) mass is 425 g/mol. The summed E-state index contributed by atoms with van der Waals surface area (Å²) in [6.45, 7) is 3.23. The molecular weight excluding hydrogens is 398 g/mol. The summed E-state index contributed by atoms with van der Waals surface area (Å²) in [5.74, 6) is 1.05. The predicted molar refractivity (Wildman–Crippen MR) is 113 cm³/mol. The number of ether oxygens (including phenoxy) is 1. The van der Waals surface area contributed by atoms with Crippen LogP contribution in [0.15, 0.2) is 51.0 Å². The molecule has 0 bridgehead atoms. The maximum atomic E-state index is 12.3. The average Bonchev–Trinajstić information content (AvgIpc) is 3.21. The number of aliphatic hydroxyl groups is 1. The minimum Gasteiger partial charge on any atom is -0.497 e. The third-order valence-electron chi connectivity index (χ3n) is 3.94. The summed E-state index contributed by atoms with van der Waals surface area (Å²) in [5.41, 5.74) is 1.08. The van der Waals surface area contributed by atoms with Crippen LogP contribution in [0, 0.1) is 0 Å². The lowest BCUT2D eigenvalue weighted by molar-refractivity contribution is 0.205. The van der Waals surface area contributed by atoms with Crippen LogP contribution >= 0.6 is 11.3 Å². The Morgan fingerprint density at radius 3 is 2.61 bits per heavy atom. The molecule has 0 fully saturated rings. The average molecular weight is 426 g/mol. The molecule has 1 heterocycles. The van der Waals surface area contributed by atoms with Crippen LogP contribution in [-0.4, -0.2) is 63.5 Å². The molecule has 0 saturated heterocycles. The van der Waals surface area contributed by atoms with Crippen molar-refractivity contribution in [1.29, 1.82) is 0 Å². The van der Waals surface area contributed by atoms with Gasteiger partial charge in [-0.25, -0.2) is 8.42 Å². The van der Waals surface area contributed by atoms with Crippen molar-refractivity contribution in [1.82, 2.24) is 10.2 Å². The highest BCUT2D eigenvalue weighted by Crippen LogP contribution is 2.18. The first-order valence-corrected chi connectivity index (χ1v) is 11.5. The molecular formula is C19H27N3O4S2. The lowest BCUT2D eigenvalue weighted by Gasteiger charge is -2.22. The summed E-state index contributed by atoms with van der Waals surface area (Å²) in [6.07, 6.45) is -1.07. The van der Waals surface area contributed by atoms with Crippen LogP contribution in [-0.2, 0) is 16.4 Å². The van der Waals surface area contributed by atoms with Crippen LogP contribution in [0.2, 0.25) is 0 Å². The largest absolute Gasteiger partial charge is 0.497 e. The number of sulfone groups is 1. The zero-order chi connectivity index (χ0) is 20.6. The van der Waals surface area contributed by atoms with E-state index in [1.165, 1.54) is 0 Å². The van der Waals surface area contributed by atoms with Crippen molar-refractivity contribution in [2.45, 2.75) is 23.8 Å². The number of aliphatic hydroxyl groups excluding tert-OH is 1. The molecule has 1 aromatic heterocycles. The van der Waals surface area contributed by atoms with Crippen LogP contribution in [0.25, 0.3) is 0 Å². The number of nitrogens with one attached hydrogen (secondary N) is 1. The minimum absolute atomic E-state index is 0.000108. The zero-order valence-corrected chi connectivity index (χ0v) is 18.0. The van der Waals surface area contributed by atoms with Gasteiger partial charge in [-0.2, -0.15) is 0 Å². The van der Waals surface area contributed by atoms with Crippen LogP contribution < -0.4 is 10.1 Å². The van der Waals surface area contributed by atoms with E-state index < -0.39 is 15.9 Å². The number of rotatable bonds is 9. The summed E-state index contributed by atoms with van der Waals surface area (Å²) in [5, 5.41) is 15.1. The SMILES string of the molecule is CCNC(=NCC(O)CS(=O)(=O)c1cccs1)N(C)Cc1ccc(OC)cc1. The number of methoxy groups -OCH3 is 1. The Morgan fingerprint density at radius 1 is 1.32 bits per heavy atom. The lowest BCUT2D eigenvalue weighted by atomic mass is 10.2. The second-order valence-electron chi connectivity index (χ2n) is 6.27. The minimum atomic E-state index is -3.50. The van der Waals surface area contributed by atoms with Crippen molar-refractivity contribution >= 4 is 27.1 Å². The number of hydrogen-bond acceptors (Lipinski definition) is 6. The molecule has 0 radical (unpaired) electrons. The second kappa shape index (κ2) is 10.4. The van der Waals surface area contributed by atoms with Gasteiger partial charge < -0.3 is 20.1 Å². The standard InChI is InChI=1S/C19H27N3O4S2/c1-4-20-19(22(2)13-15-7-9-17(26-3)10-8-15)21-12-16(23)14-28(24,25)18-6-5-11-27-18/h5-11,16,23H,4,12-14H2,1-3H3,(H,20,21). The Morgan fingerprint density at radius 2 is 2.04 bits per heavy atom. The number of hydrogen-bond donors (Lipinski definition) is 2. The smallest absolute Gasteiger partial charge is 0.194 e. The topological polar surface area (TPSA) is 91.2 Å². The first-order chi connectivity index (χ1) is 13.4. The van der Waals surface area contributed by atoms with E-state index in [0.717, 1.165) is 22.6 Å². The van der Waals surface area contributed by atoms with E-state index in [0.29, 0.717) is 19.0 Å². The van der Waals surface area contributed by atoms with E-state index >= 15 is 0 Å². The predicted octanol–water partition coefficient (Wildman–Crippen LogP) is 1.99. The van der Waals surface area contributed by atoms with Crippen molar-refractivity contribution in [3.05, 3.63) is 47.3 Å². The van der Waals surface area contributed by atoms with Gasteiger partial charge in [0.05, 0.1) is 25.5 Å². The van der Waals surface area contributed by atoms with E-state index in [2.05, 4.69) is 10.3 Å².